The van der Waals surface area contributed by atoms with Crippen molar-refractivity contribution < 1.29 is 14.3 Å². The lowest BCUT2D eigenvalue weighted by molar-refractivity contribution is -0.120. The molecule has 0 saturated carbocycles. The molecule has 1 aromatic heterocycles. The van der Waals surface area contributed by atoms with Gasteiger partial charge in [-0.2, -0.15) is 4.68 Å². The molecule has 0 spiro atoms. The Kier molecular flexibility index (Phi) is 6.94. The van der Waals surface area contributed by atoms with E-state index >= 15 is 0 Å². The Hall–Kier alpha value is -3.07. The van der Waals surface area contributed by atoms with Gasteiger partial charge in [-0.3, -0.25) is 4.79 Å². The van der Waals surface area contributed by atoms with Gasteiger partial charge in [-0.1, -0.05) is 23.9 Å². The van der Waals surface area contributed by atoms with Gasteiger partial charge in [0.05, 0.1) is 25.2 Å². The Bertz CT molecular complexity index is 1040. The number of aryl methyl sites for hydroxylation is 2. The molecule has 3 rings (SSSR count). The highest BCUT2D eigenvalue weighted by atomic mass is 32.2. The minimum Gasteiger partial charge on any atom is -0.493 e. The van der Waals surface area contributed by atoms with Gasteiger partial charge in [0, 0.05) is 6.54 Å². The first-order valence-corrected chi connectivity index (χ1v) is 10.3. The van der Waals surface area contributed by atoms with E-state index in [0.29, 0.717) is 23.2 Å². The second-order valence-corrected chi connectivity index (χ2v) is 8.12. The predicted molar refractivity (Wildman–Crippen MR) is 115 cm³/mol. The van der Waals surface area contributed by atoms with Crippen molar-refractivity contribution in [3.8, 4) is 17.2 Å². The molecule has 0 fully saturated rings. The van der Waals surface area contributed by atoms with Crippen molar-refractivity contribution in [1.29, 1.82) is 0 Å². The van der Waals surface area contributed by atoms with Crippen LogP contribution < -0.4 is 14.8 Å². The Morgan fingerprint density at radius 3 is 2.57 bits per heavy atom. The van der Waals surface area contributed by atoms with E-state index in [9.17, 15) is 4.79 Å². The first-order chi connectivity index (χ1) is 14.4. The molecular formula is C21H25N5O3S. The highest BCUT2D eigenvalue weighted by Crippen LogP contribution is 2.28. The number of hydrogen-bond donors (Lipinski definition) is 1. The van der Waals surface area contributed by atoms with Gasteiger partial charge in [0.25, 0.3) is 0 Å². The van der Waals surface area contributed by atoms with Crippen molar-refractivity contribution >= 4 is 17.7 Å². The van der Waals surface area contributed by atoms with Gasteiger partial charge in [-0.05, 0) is 72.2 Å². The van der Waals surface area contributed by atoms with Gasteiger partial charge < -0.3 is 14.8 Å². The number of aromatic nitrogens is 4. The van der Waals surface area contributed by atoms with Gasteiger partial charge in [0.15, 0.2) is 11.5 Å². The summed E-state index contributed by atoms with van der Waals surface area (Å²) < 4.78 is 12.2. The molecule has 3 aromatic rings. The molecule has 0 radical (unpaired) electrons. The molecule has 30 heavy (non-hydrogen) atoms. The van der Waals surface area contributed by atoms with Crippen LogP contribution in [0.15, 0.2) is 41.6 Å². The van der Waals surface area contributed by atoms with Crippen LogP contribution in [0.25, 0.3) is 5.69 Å². The van der Waals surface area contributed by atoms with Crippen LogP contribution in [0.1, 0.15) is 23.6 Å². The monoisotopic (exact) mass is 427 g/mol. The van der Waals surface area contributed by atoms with E-state index in [0.717, 1.165) is 16.8 Å². The molecule has 2 aromatic carbocycles. The molecule has 1 heterocycles. The fourth-order valence-electron chi connectivity index (χ4n) is 2.81. The van der Waals surface area contributed by atoms with Crippen molar-refractivity contribution in [2.24, 2.45) is 0 Å². The third kappa shape index (κ3) is 4.91. The largest absolute Gasteiger partial charge is 0.493 e. The zero-order valence-corrected chi connectivity index (χ0v) is 18.5. The van der Waals surface area contributed by atoms with Gasteiger partial charge in [-0.15, -0.1) is 5.10 Å². The first-order valence-electron chi connectivity index (χ1n) is 9.44. The smallest absolute Gasteiger partial charge is 0.233 e. The number of carbonyl (C=O) groups excluding carboxylic acids is 1. The third-order valence-electron chi connectivity index (χ3n) is 4.74. The van der Waals surface area contributed by atoms with E-state index in [2.05, 4.69) is 27.8 Å². The summed E-state index contributed by atoms with van der Waals surface area (Å²) in [5, 5.41) is 15.1. The fraction of sp³-hybridized carbons (Fsp3) is 0.333. The number of methoxy groups -OCH3 is 2. The average Bonchev–Trinajstić information content (AvgIpc) is 3.21. The van der Waals surface area contributed by atoms with Crippen molar-refractivity contribution in [3.05, 3.63) is 53.1 Å². The van der Waals surface area contributed by atoms with Crippen molar-refractivity contribution in [3.63, 3.8) is 0 Å². The lowest BCUT2D eigenvalue weighted by Crippen LogP contribution is -2.30. The van der Waals surface area contributed by atoms with Crippen LogP contribution in [-0.2, 0) is 11.3 Å². The molecule has 1 atom stereocenters. The summed E-state index contributed by atoms with van der Waals surface area (Å²) in [5.41, 5.74) is 4.13. The van der Waals surface area contributed by atoms with E-state index in [4.69, 9.17) is 9.47 Å². The van der Waals surface area contributed by atoms with Crippen LogP contribution >= 0.6 is 11.8 Å². The first kappa shape index (κ1) is 21.6. The van der Waals surface area contributed by atoms with Crippen molar-refractivity contribution in [1.82, 2.24) is 25.5 Å². The molecule has 1 unspecified atom stereocenters. The van der Waals surface area contributed by atoms with Crippen LogP contribution in [0.3, 0.4) is 0 Å². The van der Waals surface area contributed by atoms with Gasteiger partial charge >= 0.3 is 0 Å². The summed E-state index contributed by atoms with van der Waals surface area (Å²) in [4.78, 5) is 12.6. The van der Waals surface area contributed by atoms with E-state index in [1.807, 2.05) is 50.2 Å². The number of nitrogens with one attached hydrogen (secondary N) is 1. The van der Waals surface area contributed by atoms with E-state index in [1.165, 1.54) is 17.3 Å². The number of ether oxygens (including phenoxy) is 2. The summed E-state index contributed by atoms with van der Waals surface area (Å²) in [6.07, 6.45) is 0. The molecular weight excluding hydrogens is 402 g/mol. The molecule has 158 valence electrons. The maximum absolute atomic E-state index is 12.6. The van der Waals surface area contributed by atoms with E-state index in [1.54, 1.807) is 18.9 Å². The van der Waals surface area contributed by atoms with Gasteiger partial charge in [0.1, 0.15) is 0 Å². The maximum atomic E-state index is 12.6. The molecule has 9 heteroatoms. The molecule has 0 aliphatic rings. The SMILES string of the molecule is COc1ccc(CNC(=O)C(C)Sc2nnnn2-c2ccc(C)c(C)c2)cc1OC. The lowest BCUT2D eigenvalue weighted by atomic mass is 10.1. The van der Waals surface area contributed by atoms with E-state index in [-0.39, 0.29) is 11.2 Å². The molecule has 0 saturated heterocycles. The number of amides is 1. The molecule has 1 amide bonds. The fourth-order valence-corrected chi connectivity index (χ4v) is 3.64. The number of carbonyl (C=O) groups is 1. The summed E-state index contributed by atoms with van der Waals surface area (Å²) in [6.45, 7) is 6.31. The normalized spacial score (nSPS) is 11.8. The zero-order valence-electron chi connectivity index (χ0n) is 17.7. The Morgan fingerprint density at radius 1 is 1.10 bits per heavy atom. The Morgan fingerprint density at radius 2 is 1.87 bits per heavy atom. The third-order valence-corrected chi connectivity index (χ3v) is 5.78. The molecule has 0 aliphatic carbocycles. The second kappa shape index (κ2) is 9.62. The van der Waals surface area contributed by atoms with Crippen LogP contribution in [0.4, 0.5) is 0 Å². The maximum Gasteiger partial charge on any atom is 0.233 e. The number of thioether (sulfide) groups is 1. The topological polar surface area (TPSA) is 91.2 Å². The zero-order chi connectivity index (χ0) is 21.7. The van der Waals surface area contributed by atoms with Crippen molar-refractivity contribution in [2.45, 2.75) is 37.7 Å². The second-order valence-electron chi connectivity index (χ2n) is 6.81. The van der Waals surface area contributed by atoms with Crippen LogP contribution in [0.5, 0.6) is 11.5 Å². The highest BCUT2D eigenvalue weighted by Gasteiger charge is 2.19. The molecule has 1 N–H and O–H groups in total. The molecule has 0 aliphatic heterocycles. The number of hydrogen-bond acceptors (Lipinski definition) is 7. The number of benzene rings is 2. The quantitative estimate of drug-likeness (QED) is 0.552. The highest BCUT2D eigenvalue weighted by molar-refractivity contribution is 8.00. The van der Waals surface area contributed by atoms with E-state index < -0.39 is 0 Å². The Balaban J connectivity index is 1.64. The van der Waals surface area contributed by atoms with Crippen LogP contribution in [0.2, 0.25) is 0 Å². The molecule has 8 nitrogen and oxygen atoms in total. The van der Waals surface area contributed by atoms with Crippen molar-refractivity contribution in [2.75, 3.05) is 14.2 Å². The lowest BCUT2D eigenvalue weighted by Gasteiger charge is -2.13. The predicted octanol–water partition coefficient (Wildman–Crippen LogP) is 3.09. The number of nitrogens with zero attached hydrogens (tertiary/aromatic N) is 4. The minimum absolute atomic E-state index is 0.107. The average molecular weight is 428 g/mol. The summed E-state index contributed by atoms with van der Waals surface area (Å²) in [7, 11) is 3.17. The Labute approximate surface area is 180 Å². The molecule has 0 bridgehead atoms. The number of rotatable bonds is 8. The van der Waals surface area contributed by atoms with Gasteiger partial charge in [-0.25, -0.2) is 0 Å². The summed E-state index contributed by atoms with van der Waals surface area (Å²) >= 11 is 1.31. The summed E-state index contributed by atoms with van der Waals surface area (Å²) in [6, 6.07) is 11.6. The number of tetrazole rings is 1. The van der Waals surface area contributed by atoms with Crippen LogP contribution in [-0.4, -0.2) is 45.6 Å². The van der Waals surface area contributed by atoms with Crippen LogP contribution in [0, 0.1) is 13.8 Å². The van der Waals surface area contributed by atoms with Gasteiger partial charge in [0.2, 0.25) is 11.1 Å². The minimum atomic E-state index is -0.374. The standard InChI is InChI=1S/C21H25N5O3S/c1-13-6-8-17(10-14(13)2)26-21(23-24-25-26)30-15(3)20(27)22-12-16-7-9-18(28-4)19(11-16)29-5/h6-11,15H,12H2,1-5H3,(H,22,27). The summed E-state index contributed by atoms with van der Waals surface area (Å²) in [5.74, 6) is 1.17.